The summed E-state index contributed by atoms with van der Waals surface area (Å²) in [4.78, 5) is 31.4. The molecule has 0 aliphatic heterocycles. The number of hydrazone groups is 1. The van der Waals surface area contributed by atoms with Crippen molar-refractivity contribution in [2.45, 2.75) is 32.6 Å². The third-order valence-corrected chi connectivity index (χ3v) is 7.51. The van der Waals surface area contributed by atoms with E-state index < -0.39 is 0 Å². The number of fused-ring (bicyclic) bond motifs is 3. The normalized spacial score (nSPS) is 13.4. The van der Waals surface area contributed by atoms with Crippen LogP contribution in [0, 0.1) is 6.92 Å². The zero-order valence-electron chi connectivity index (χ0n) is 19.7. The molecule has 1 aliphatic rings. The molecular formula is C29H23N3O3S. The molecule has 1 aliphatic carbocycles. The highest BCUT2D eigenvalue weighted by Gasteiger charge is 2.23. The second-order valence-corrected chi connectivity index (χ2v) is 10.0. The van der Waals surface area contributed by atoms with Crippen molar-refractivity contribution in [3.8, 4) is 0 Å². The number of carbonyl (C=O) groups excluding carboxylic acids is 1. The molecule has 0 saturated heterocycles. The molecule has 0 unspecified atom stereocenters. The van der Waals surface area contributed by atoms with Crippen molar-refractivity contribution < 1.29 is 9.21 Å². The SMILES string of the molecule is Cc1ccc2nc(N(/N=C/c3coc4ccccc4c3=O)C(=O)c3ccc4c(c3)CCCC4)sc2c1. The Labute approximate surface area is 211 Å². The van der Waals surface area contributed by atoms with Crippen LogP contribution in [0.25, 0.3) is 21.2 Å². The summed E-state index contributed by atoms with van der Waals surface area (Å²) >= 11 is 1.39. The van der Waals surface area contributed by atoms with Crippen LogP contribution in [-0.4, -0.2) is 17.1 Å². The molecule has 36 heavy (non-hydrogen) atoms. The molecule has 0 atom stereocenters. The Morgan fingerprint density at radius 1 is 1.06 bits per heavy atom. The molecule has 2 heterocycles. The molecule has 6 rings (SSSR count). The number of amides is 1. The van der Waals surface area contributed by atoms with E-state index in [9.17, 15) is 9.59 Å². The highest BCUT2D eigenvalue weighted by atomic mass is 32.1. The minimum atomic E-state index is -0.291. The lowest BCUT2D eigenvalue weighted by atomic mass is 9.90. The molecule has 0 saturated carbocycles. The number of rotatable bonds is 4. The first-order valence-corrected chi connectivity index (χ1v) is 12.8. The fraction of sp³-hybridized carbons (Fsp3) is 0.172. The smallest absolute Gasteiger partial charge is 0.280 e. The number of hydrogen-bond acceptors (Lipinski definition) is 6. The summed E-state index contributed by atoms with van der Waals surface area (Å²) < 4.78 is 6.59. The minimum Gasteiger partial charge on any atom is -0.463 e. The maximum atomic E-state index is 13.8. The van der Waals surface area contributed by atoms with E-state index in [0.29, 0.717) is 21.7 Å². The van der Waals surface area contributed by atoms with Crippen LogP contribution in [0.2, 0.25) is 0 Å². The average molecular weight is 494 g/mol. The van der Waals surface area contributed by atoms with E-state index >= 15 is 0 Å². The van der Waals surface area contributed by atoms with E-state index in [0.717, 1.165) is 35.0 Å². The molecule has 1 amide bonds. The summed E-state index contributed by atoms with van der Waals surface area (Å²) in [5.74, 6) is -0.291. The predicted octanol–water partition coefficient (Wildman–Crippen LogP) is 6.27. The lowest BCUT2D eigenvalue weighted by Crippen LogP contribution is -2.26. The van der Waals surface area contributed by atoms with Crippen LogP contribution in [-0.2, 0) is 12.8 Å². The molecule has 6 nitrogen and oxygen atoms in total. The number of hydrogen-bond donors (Lipinski definition) is 0. The number of carbonyl (C=O) groups is 1. The monoisotopic (exact) mass is 493 g/mol. The summed E-state index contributed by atoms with van der Waals surface area (Å²) in [7, 11) is 0. The van der Waals surface area contributed by atoms with Gasteiger partial charge in [-0.1, -0.05) is 35.6 Å². The zero-order valence-corrected chi connectivity index (χ0v) is 20.5. The van der Waals surface area contributed by atoms with E-state index in [4.69, 9.17) is 4.42 Å². The number of para-hydroxylation sites is 1. The maximum Gasteiger partial charge on any atom is 0.280 e. The fourth-order valence-electron chi connectivity index (χ4n) is 4.59. The average Bonchev–Trinajstić information content (AvgIpc) is 3.32. The van der Waals surface area contributed by atoms with E-state index in [-0.39, 0.29) is 16.9 Å². The van der Waals surface area contributed by atoms with Gasteiger partial charge in [-0.15, -0.1) is 0 Å². The lowest BCUT2D eigenvalue weighted by Gasteiger charge is -2.18. The molecule has 178 valence electrons. The Kier molecular flexibility index (Phi) is 5.70. The third kappa shape index (κ3) is 4.12. The molecule has 0 radical (unpaired) electrons. The van der Waals surface area contributed by atoms with Gasteiger partial charge in [0.2, 0.25) is 10.6 Å². The Hall–Kier alpha value is -4.10. The lowest BCUT2D eigenvalue weighted by molar-refractivity contribution is 0.0987. The molecular weight excluding hydrogens is 470 g/mol. The van der Waals surface area contributed by atoms with E-state index in [2.05, 4.69) is 10.1 Å². The number of thiazole rings is 1. The largest absolute Gasteiger partial charge is 0.463 e. The first kappa shape index (κ1) is 22.4. The van der Waals surface area contributed by atoms with Crippen molar-refractivity contribution in [2.75, 3.05) is 5.01 Å². The third-order valence-electron chi connectivity index (χ3n) is 6.52. The van der Waals surface area contributed by atoms with Gasteiger partial charge in [0.25, 0.3) is 5.91 Å². The number of aromatic nitrogens is 1. The minimum absolute atomic E-state index is 0.207. The van der Waals surface area contributed by atoms with Crippen molar-refractivity contribution in [1.29, 1.82) is 0 Å². The molecule has 0 fully saturated rings. The van der Waals surface area contributed by atoms with Gasteiger partial charge in [-0.25, -0.2) is 4.98 Å². The van der Waals surface area contributed by atoms with Crippen molar-refractivity contribution in [2.24, 2.45) is 5.10 Å². The van der Waals surface area contributed by atoms with E-state index in [1.807, 2.05) is 49.4 Å². The summed E-state index contributed by atoms with van der Waals surface area (Å²) in [5.41, 5.74) is 5.53. The summed E-state index contributed by atoms with van der Waals surface area (Å²) in [6, 6.07) is 18.9. The van der Waals surface area contributed by atoms with Gasteiger partial charge < -0.3 is 4.42 Å². The number of benzene rings is 3. The Bertz CT molecular complexity index is 1720. The summed E-state index contributed by atoms with van der Waals surface area (Å²) in [6.45, 7) is 2.02. The Morgan fingerprint density at radius 2 is 1.89 bits per heavy atom. The highest BCUT2D eigenvalue weighted by Crippen LogP contribution is 2.31. The van der Waals surface area contributed by atoms with Crippen molar-refractivity contribution >= 4 is 49.8 Å². The Balaban J connectivity index is 1.43. The first-order valence-electron chi connectivity index (χ1n) is 11.9. The van der Waals surface area contributed by atoms with Crippen LogP contribution in [0.4, 0.5) is 5.13 Å². The highest BCUT2D eigenvalue weighted by molar-refractivity contribution is 7.22. The van der Waals surface area contributed by atoms with Gasteiger partial charge in [-0.2, -0.15) is 10.1 Å². The predicted molar refractivity (Wildman–Crippen MR) is 144 cm³/mol. The molecule has 0 N–H and O–H groups in total. The van der Waals surface area contributed by atoms with Gasteiger partial charge in [0, 0.05) is 5.56 Å². The first-order chi connectivity index (χ1) is 17.6. The maximum absolute atomic E-state index is 13.8. The topological polar surface area (TPSA) is 75.8 Å². The molecule has 0 bridgehead atoms. The zero-order chi connectivity index (χ0) is 24.6. The van der Waals surface area contributed by atoms with E-state index in [1.54, 1.807) is 18.2 Å². The standard InChI is InChI=1S/C29H23N3O3S/c1-18-10-13-24-26(14-18)36-29(31-24)32(28(34)21-12-11-19-6-2-3-7-20(19)15-21)30-16-22-17-35-25-9-5-4-8-23(25)27(22)33/h4-5,8-17H,2-3,6-7H2,1H3/b30-16+. The van der Waals surface area contributed by atoms with Crippen molar-refractivity contribution in [3.05, 3.63) is 105 Å². The van der Waals surface area contributed by atoms with Crippen molar-refractivity contribution in [1.82, 2.24) is 4.98 Å². The molecule has 5 aromatic rings. The number of anilines is 1. The van der Waals surface area contributed by atoms with Gasteiger partial charge in [-0.3, -0.25) is 9.59 Å². The second-order valence-electron chi connectivity index (χ2n) is 9.04. The summed E-state index contributed by atoms with van der Waals surface area (Å²) in [5, 5.41) is 6.68. The summed E-state index contributed by atoms with van der Waals surface area (Å²) in [6.07, 6.45) is 7.07. The Morgan fingerprint density at radius 3 is 2.78 bits per heavy atom. The van der Waals surface area contributed by atoms with Crippen LogP contribution in [0.1, 0.15) is 45.5 Å². The van der Waals surface area contributed by atoms with Gasteiger partial charge in [0.05, 0.1) is 27.4 Å². The fourth-order valence-corrected chi connectivity index (χ4v) is 5.61. The molecule has 0 spiro atoms. The molecule has 2 aromatic heterocycles. The van der Waals surface area contributed by atoms with E-state index in [1.165, 1.54) is 46.4 Å². The van der Waals surface area contributed by atoms with Crippen LogP contribution in [0.5, 0.6) is 0 Å². The van der Waals surface area contributed by atoms with Gasteiger partial charge in [-0.05, 0) is 85.7 Å². The number of aryl methyl sites for hydroxylation is 3. The molecule has 3 aromatic carbocycles. The van der Waals surface area contributed by atoms with Gasteiger partial charge >= 0.3 is 0 Å². The van der Waals surface area contributed by atoms with Gasteiger partial charge in [0.1, 0.15) is 11.8 Å². The second kappa shape index (κ2) is 9.17. The van der Waals surface area contributed by atoms with Crippen LogP contribution >= 0.6 is 11.3 Å². The number of nitrogens with zero attached hydrogens (tertiary/aromatic N) is 3. The quantitative estimate of drug-likeness (QED) is 0.218. The van der Waals surface area contributed by atoms with Gasteiger partial charge in [0.15, 0.2) is 0 Å². The molecule has 7 heteroatoms. The van der Waals surface area contributed by atoms with Crippen LogP contribution in [0.15, 0.2) is 81.2 Å². The van der Waals surface area contributed by atoms with Crippen molar-refractivity contribution in [3.63, 3.8) is 0 Å². The van der Waals surface area contributed by atoms with Crippen LogP contribution < -0.4 is 10.4 Å². The van der Waals surface area contributed by atoms with Crippen LogP contribution in [0.3, 0.4) is 0 Å².